The Hall–Kier alpha value is -2.15. The maximum Gasteiger partial charge on any atom is 0.134 e. The fourth-order valence-electron chi connectivity index (χ4n) is 5.32. The molecule has 142 valence electrons. The van der Waals surface area contributed by atoms with E-state index in [1.807, 2.05) is 13.8 Å². The van der Waals surface area contributed by atoms with Gasteiger partial charge in [-0.3, -0.25) is 0 Å². The van der Waals surface area contributed by atoms with Crippen molar-refractivity contribution in [2.45, 2.75) is 41.5 Å². The van der Waals surface area contributed by atoms with Gasteiger partial charge in [0.05, 0.1) is 0 Å². The summed E-state index contributed by atoms with van der Waals surface area (Å²) >= 11 is 0. The first-order valence-corrected chi connectivity index (χ1v) is 9.63. The van der Waals surface area contributed by atoms with E-state index >= 15 is 4.39 Å². The van der Waals surface area contributed by atoms with Gasteiger partial charge in [0.15, 0.2) is 0 Å². The number of hydrogen-bond donors (Lipinski definition) is 0. The van der Waals surface area contributed by atoms with Gasteiger partial charge >= 0.3 is 0 Å². The second kappa shape index (κ2) is 5.92. The Kier molecular flexibility index (Phi) is 4.30. The molecule has 1 fully saturated rings. The molecule has 0 N–H and O–H groups in total. The maximum absolute atomic E-state index is 15.3. The third-order valence-corrected chi connectivity index (χ3v) is 7.71. The van der Waals surface area contributed by atoms with Crippen molar-refractivity contribution in [2.75, 3.05) is 0 Å². The quantitative estimate of drug-likeness (QED) is 0.458. The second-order valence-corrected chi connectivity index (χ2v) is 8.69. The van der Waals surface area contributed by atoms with Crippen LogP contribution in [-0.4, -0.2) is 0 Å². The van der Waals surface area contributed by atoms with Gasteiger partial charge in [-0.05, 0) is 66.0 Å². The van der Waals surface area contributed by atoms with Crippen molar-refractivity contribution in [3.8, 4) is 0 Å². The third-order valence-electron chi connectivity index (χ3n) is 7.71. The molecule has 2 aliphatic carbocycles. The van der Waals surface area contributed by atoms with Crippen LogP contribution in [0.1, 0.15) is 48.6 Å². The SMILES string of the molecule is C=C1C(C)C(=C)C(C)(C2C(=C)c3c(C)c(C)c(C)c(F)c3C2=C)C(=C)C1C. The van der Waals surface area contributed by atoms with Gasteiger partial charge in [0.2, 0.25) is 0 Å². The van der Waals surface area contributed by atoms with Gasteiger partial charge in [-0.2, -0.15) is 0 Å². The molecule has 0 radical (unpaired) electrons. The van der Waals surface area contributed by atoms with Gasteiger partial charge in [-0.1, -0.05) is 70.4 Å². The zero-order valence-electron chi connectivity index (χ0n) is 17.6. The number of halogens is 1. The minimum atomic E-state index is -0.423. The molecule has 1 aromatic rings. The smallest absolute Gasteiger partial charge is 0.134 e. The Morgan fingerprint density at radius 2 is 1.19 bits per heavy atom. The molecule has 3 atom stereocenters. The topological polar surface area (TPSA) is 0 Å². The van der Waals surface area contributed by atoms with Crippen LogP contribution in [0, 0.1) is 49.8 Å². The third kappa shape index (κ3) is 2.21. The summed E-state index contributed by atoms with van der Waals surface area (Å²) in [5.74, 6) is 0.0613. The number of hydrogen-bond acceptors (Lipinski definition) is 0. The van der Waals surface area contributed by atoms with Gasteiger partial charge in [-0.25, -0.2) is 4.39 Å². The fourth-order valence-corrected chi connectivity index (χ4v) is 5.32. The normalized spacial score (nSPS) is 30.9. The van der Waals surface area contributed by atoms with Gasteiger partial charge < -0.3 is 0 Å². The molecular weight excluding hydrogens is 331 g/mol. The molecule has 0 spiro atoms. The summed E-state index contributed by atoms with van der Waals surface area (Å²) in [6.45, 7) is 34.3. The van der Waals surface area contributed by atoms with E-state index in [0.29, 0.717) is 11.1 Å². The Bertz CT molecular complexity index is 882. The van der Waals surface area contributed by atoms with E-state index < -0.39 is 5.41 Å². The van der Waals surface area contributed by atoms with Gasteiger partial charge in [0.1, 0.15) is 5.82 Å². The summed E-state index contributed by atoms with van der Waals surface area (Å²) in [5.41, 5.74) is 8.94. The number of benzene rings is 1. The Morgan fingerprint density at radius 1 is 0.741 bits per heavy atom. The summed E-state index contributed by atoms with van der Waals surface area (Å²) in [6.07, 6.45) is 0. The van der Waals surface area contributed by atoms with Crippen molar-refractivity contribution >= 4 is 11.1 Å². The summed E-state index contributed by atoms with van der Waals surface area (Å²) < 4.78 is 15.3. The first-order valence-electron chi connectivity index (χ1n) is 9.63. The molecule has 1 saturated carbocycles. The number of rotatable bonds is 1. The van der Waals surface area contributed by atoms with Crippen molar-refractivity contribution in [2.24, 2.45) is 23.2 Å². The summed E-state index contributed by atoms with van der Waals surface area (Å²) in [6, 6.07) is 0. The molecule has 2 aliphatic rings. The monoisotopic (exact) mass is 362 g/mol. The molecule has 1 heteroatoms. The summed E-state index contributed by atoms with van der Waals surface area (Å²) in [5, 5.41) is 0. The van der Waals surface area contributed by atoms with E-state index in [1.54, 1.807) is 0 Å². The van der Waals surface area contributed by atoms with Gasteiger partial charge in [-0.15, -0.1) is 0 Å². The molecule has 0 nitrogen and oxygen atoms in total. The standard InChI is InChI=1S/C26H31F/c1-12-14(3)20(9)26(11,21(10)15(12)4)24-18(7)22-16(5)13(2)17(6)25(27)23(22)19(24)8/h14-15,24H,1,7-10H2,2-6,11H3. The van der Waals surface area contributed by atoms with Crippen LogP contribution in [0.2, 0.25) is 0 Å². The van der Waals surface area contributed by atoms with Crippen LogP contribution >= 0.6 is 0 Å². The van der Waals surface area contributed by atoms with E-state index in [0.717, 1.165) is 44.6 Å². The zero-order valence-corrected chi connectivity index (χ0v) is 17.6. The van der Waals surface area contributed by atoms with Crippen LogP contribution in [0.5, 0.6) is 0 Å². The van der Waals surface area contributed by atoms with Gasteiger partial charge in [0, 0.05) is 16.9 Å². The van der Waals surface area contributed by atoms with E-state index in [9.17, 15) is 0 Å². The maximum atomic E-state index is 15.3. The average molecular weight is 363 g/mol. The molecular formula is C26H31F. The first-order chi connectivity index (χ1) is 12.4. The minimum Gasteiger partial charge on any atom is -0.206 e. The van der Waals surface area contributed by atoms with E-state index in [4.69, 9.17) is 0 Å². The highest BCUT2D eigenvalue weighted by Gasteiger charge is 2.52. The molecule has 0 saturated heterocycles. The summed E-state index contributed by atoms with van der Waals surface area (Å²) in [4.78, 5) is 0. The van der Waals surface area contributed by atoms with Crippen molar-refractivity contribution in [1.29, 1.82) is 0 Å². The average Bonchev–Trinajstić information content (AvgIpc) is 2.90. The lowest BCUT2D eigenvalue weighted by Gasteiger charge is -2.50. The lowest BCUT2D eigenvalue weighted by atomic mass is 9.53. The minimum absolute atomic E-state index is 0.125. The molecule has 27 heavy (non-hydrogen) atoms. The van der Waals surface area contributed by atoms with Crippen molar-refractivity contribution < 1.29 is 4.39 Å². The second-order valence-electron chi connectivity index (χ2n) is 8.69. The predicted octanol–water partition coefficient (Wildman–Crippen LogP) is 7.37. The Morgan fingerprint density at radius 3 is 1.67 bits per heavy atom. The lowest BCUT2D eigenvalue weighted by Crippen LogP contribution is -2.40. The highest BCUT2D eigenvalue weighted by atomic mass is 19.1. The molecule has 0 bridgehead atoms. The van der Waals surface area contributed by atoms with Crippen molar-refractivity contribution in [3.63, 3.8) is 0 Å². The van der Waals surface area contributed by atoms with Gasteiger partial charge in [0.25, 0.3) is 0 Å². The fraction of sp³-hybridized carbons (Fsp3) is 0.385. The molecule has 1 aromatic carbocycles. The molecule has 3 unspecified atom stereocenters. The molecule has 0 aliphatic heterocycles. The Balaban J connectivity index is 2.27. The lowest BCUT2D eigenvalue weighted by molar-refractivity contribution is 0.330. The van der Waals surface area contributed by atoms with Crippen LogP contribution < -0.4 is 0 Å². The van der Waals surface area contributed by atoms with E-state index in [1.165, 1.54) is 0 Å². The molecule has 0 aromatic heterocycles. The van der Waals surface area contributed by atoms with Crippen LogP contribution in [0.25, 0.3) is 11.1 Å². The van der Waals surface area contributed by atoms with Crippen LogP contribution in [0.3, 0.4) is 0 Å². The molecule has 0 amide bonds. The predicted molar refractivity (Wildman–Crippen MR) is 116 cm³/mol. The van der Waals surface area contributed by atoms with Crippen LogP contribution in [-0.2, 0) is 0 Å². The van der Waals surface area contributed by atoms with E-state index in [2.05, 4.69) is 60.6 Å². The number of allylic oxidation sites excluding steroid dienone is 5. The van der Waals surface area contributed by atoms with Crippen molar-refractivity contribution in [1.82, 2.24) is 0 Å². The first kappa shape index (κ1) is 19.6. The largest absolute Gasteiger partial charge is 0.206 e. The molecule has 0 heterocycles. The van der Waals surface area contributed by atoms with Crippen LogP contribution in [0.4, 0.5) is 4.39 Å². The number of fused-ring (bicyclic) bond motifs is 1. The molecule has 3 rings (SSSR count). The highest BCUT2D eigenvalue weighted by molar-refractivity contribution is 5.97. The summed E-state index contributed by atoms with van der Waals surface area (Å²) in [7, 11) is 0. The Labute approximate surface area is 163 Å². The van der Waals surface area contributed by atoms with E-state index in [-0.39, 0.29) is 23.6 Å². The highest BCUT2D eigenvalue weighted by Crippen LogP contribution is 2.63. The van der Waals surface area contributed by atoms with Crippen LogP contribution in [0.15, 0.2) is 49.6 Å². The zero-order chi connectivity index (χ0) is 20.6. The van der Waals surface area contributed by atoms with Crippen molar-refractivity contribution in [3.05, 3.63) is 83.2 Å².